The maximum absolute atomic E-state index is 4.47. The van der Waals surface area contributed by atoms with Gasteiger partial charge in [0.15, 0.2) is 0 Å². The van der Waals surface area contributed by atoms with Gasteiger partial charge in [0.05, 0.1) is 0 Å². The SMILES string of the molecule is CCC[CH2][Ti]1([CH2]CCC)([CH]2C(C)=Cc3ccccc32)([CH]2c3ccccc3-c3c(-c4ccccc4)cccc32)[Si](CC)(CC)[Si]1(CC)CC. The third-order valence-corrected chi connectivity index (χ3v) is 132. The van der Waals surface area contributed by atoms with Gasteiger partial charge in [-0.05, 0) is 0 Å². The molecule has 1 fully saturated rings. The van der Waals surface area contributed by atoms with Crippen molar-refractivity contribution in [1.82, 2.24) is 0 Å². The molecule has 0 spiro atoms. The van der Waals surface area contributed by atoms with Crippen LogP contribution in [0.25, 0.3) is 28.3 Å². The first-order valence-corrected chi connectivity index (χ1v) is 34.3. The molecular weight excluding hydrogens is 645 g/mol. The molecule has 0 N–H and O–H groups in total. The molecule has 0 amide bonds. The molecule has 4 aromatic rings. The van der Waals surface area contributed by atoms with Gasteiger partial charge in [-0.3, -0.25) is 0 Å². The van der Waals surface area contributed by atoms with Gasteiger partial charge in [0.2, 0.25) is 0 Å². The van der Waals surface area contributed by atoms with E-state index in [0.717, 1.165) is 0 Å². The van der Waals surface area contributed by atoms with E-state index in [0.29, 0.717) is 8.45 Å². The molecule has 3 heteroatoms. The molecular formula is C45H60Si2Ti. The van der Waals surface area contributed by atoms with Crippen LogP contribution >= 0.6 is 0 Å². The molecule has 7 rings (SSSR count). The normalized spacial score (nSPS) is 24.2. The van der Waals surface area contributed by atoms with Crippen molar-refractivity contribution in [3.63, 3.8) is 0 Å². The van der Waals surface area contributed by atoms with Gasteiger partial charge in [-0.1, -0.05) is 0 Å². The van der Waals surface area contributed by atoms with E-state index < -0.39 is 23.4 Å². The van der Waals surface area contributed by atoms with Gasteiger partial charge in [-0.2, -0.15) is 0 Å². The zero-order chi connectivity index (χ0) is 33.9. The van der Waals surface area contributed by atoms with Crippen LogP contribution in [0.4, 0.5) is 0 Å². The fourth-order valence-corrected chi connectivity index (χ4v) is 218. The Balaban J connectivity index is 1.77. The van der Waals surface area contributed by atoms with Gasteiger partial charge in [-0.15, -0.1) is 0 Å². The van der Waals surface area contributed by atoms with Crippen LogP contribution in [-0.4, -0.2) is 10.9 Å². The molecule has 48 heavy (non-hydrogen) atoms. The molecule has 2 atom stereocenters. The van der Waals surface area contributed by atoms with Crippen LogP contribution in [-0.2, 0) is 12.5 Å². The third-order valence-electron chi connectivity index (χ3n) is 16.6. The number of allylic oxidation sites excluding steroid dienone is 1. The number of rotatable bonds is 13. The van der Waals surface area contributed by atoms with E-state index in [1.54, 1.807) is 48.4 Å². The summed E-state index contributed by atoms with van der Waals surface area (Å²) >= 11 is -4.47. The molecule has 1 aliphatic heterocycles. The van der Waals surface area contributed by atoms with Crippen molar-refractivity contribution in [2.45, 2.75) is 116 Å². The molecule has 3 aliphatic rings. The quantitative estimate of drug-likeness (QED) is 0.122. The van der Waals surface area contributed by atoms with E-state index in [2.05, 4.69) is 152 Å². The Kier molecular flexibility index (Phi) is 8.51. The summed E-state index contributed by atoms with van der Waals surface area (Å²) in [5, 5.41) is 0. The van der Waals surface area contributed by atoms with Crippen LogP contribution in [0, 0.1) is 0 Å². The van der Waals surface area contributed by atoms with Gasteiger partial charge >= 0.3 is 293 Å². The first-order valence-electron chi connectivity index (χ1n) is 19.7. The average molecular weight is 705 g/mol. The summed E-state index contributed by atoms with van der Waals surface area (Å²) in [6, 6.07) is 44.8. The Morgan fingerprint density at radius 3 is 1.65 bits per heavy atom. The predicted molar refractivity (Wildman–Crippen MR) is 215 cm³/mol. The second-order valence-electron chi connectivity index (χ2n) is 16.5. The minimum absolute atomic E-state index is 0.607. The molecule has 2 aliphatic carbocycles. The molecule has 1 heterocycles. The van der Waals surface area contributed by atoms with Crippen molar-refractivity contribution in [2.75, 3.05) is 0 Å². The van der Waals surface area contributed by atoms with Gasteiger partial charge in [0.25, 0.3) is 0 Å². The molecule has 0 bridgehead atoms. The fraction of sp³-hybridized carbons (Fsp3) is 0.422. The van der Waals surface area contributed by atoms with Crippen LogP contribution < -0.4 is 0 Å². The number of hydrogen-bond acceptors (Lipinski definition) is 0. The van der Waals surface area contributed by atoms with E-state index >= 15 is 0 Å². The Labute approximate surface area is 291 Å². The van der Waals surface area contributed by atoms with E-state index in [1.807, 2.05) is 0 Å². The summed E-state index contributed by atoms with van der Waals surface area (Å²) in [6.07, 6.45) is 8.15. The molecule has 0 aromatic heterocycles. The molecule has 2 unspecified atom stereocenters. The number of fused-ring (bicyclic) bond motifs is 4. The molecule has 4 aromatic carbocycles. The van der Waals surface area contributed by atoms with Crippen LogP contribution in [0.1, 0.15) is 105 Å². The summed E-state index contributed by atoms with van der Waals surface area (Å²) in [5.74, 6) is 0. The fourth-order valence-electron chi connectivity index (χ4n) is 16.5. The van der Waals surface area contributed by atoms with Crippen LogP contribution in [0.3, 0.4) is 0 Å². The van der Waals surface area contributed by atoms with Gasteiger partial charge in [-0.25, -0.2) is 0 Å². The zero-order valence-corrected chi connectivity index (χ0v) is 34.6. The first-order chi connectivity index (χ1) is 23.4. The van der Waals surface area contributed by atoms with Crippen LogP contribution in [0.15, 0.2) is 103 Å². The van der Waals surface area contributed by atoms with Crippen molar-refractivity contribution in [1.29, 1.82) is 0 Å². The second kappa shape index (κ2) is 11.9. The average Bonchev–Trinajstić information content (AvgIpc) is 3.41. The second-order valence-corrected chi connectivity index (χ2v) is 69.4. The van der Waals surface area contributed by atoms with Crippen molar-refractivity contribution < 1.29 is 12.5 Å². The maximum atomic E-state index is 2.74. The Hall–Kier alpha value is -2.23. The minimum atomic E-state index is -4.47. The van der Waals surface area contributed by atoms with Crippen molar-refractivity contribution in [2.24, 2.45) is 0 Å². The van der Waals surface area contributed by atoms with E-state index in [9.17, 15) is 0 Å². The summed E-state index contributed by atoms with van der Waals surface area (Å²) < 4.78 is 4.44. The number of benzene rings is 4. The van der Waals surface area contributed by atoms with Crippen LogP contribution in [0.2, 0.25) is 33.6 Å². The first kappa shape index (κ1) is 34.2. The van der Waals surface area contributed by atoms with Crippen molar-refractivity contribution in [3.8, 4) is 22.3 Å². The van der Waals surface area contributed by atoms with Crippen molar-refractivity contribution in [3.05, 3.63) is 125 Å². The van der Waals surface area contributed by atoms with Crippen LogP contribution in [0.5, 0.6) is 0 Å². The predicted octanol–water partition coefficient (Wildman–Crippen LogP) is 14.3. The van der Waals surface area contributed by atoms with Gasteiger partial charge < -0.3 is 0 Å². The van der Waals surface area contributed by atoms with Gasteiger partial charge in [0.1, 0.15) is 0 Å². The van der Waals surface area contributed by atoms with E-state index in [-0.39, 0.29) is 0 Å². The Morgan fingerprint density at radius 1 is 0.521 bits per heavy atom. The molecule has 0 nitrogen and oxygen atoms in total. The Morgan fingerprint density at radius 2 is 1.04 bits per heavy atom. The number of unbranched alkanes of at least 4 members (excludes halogenated alkanes) is 2. The molecule has 0 radical (unpaired) electrons. The summed E-state index contributed by atoms with van der Waals surface area (Å²) in [4.78, 5) is 0. The molecule has 1 saturated heterocycles. The number of hydrogen-bond donors (Lipinski definition) is 0. The molecule has 252 valence electrons. The van der Waals surface area contributed by atoms with E-state index in [4.69, 9.17) is 0 Å². The Bertz CT molecular complexity index is 1850. The zero-order valence-electron chi connectivity index (χ0n) is 31.0. The topological polar surface area (TPSA) is 0 Å². The molecule has 0 saturated carbocycles. The standard InChI is InChI=1S/C19H13.C10H9.C8H20Si2.2C4H9.Ti/c1-2-7-14(8-3-1)17-12-6-10-16-13-15-9-4-5-11-18(15)19(16)17;1-8-6-9-4-2-3-5-10(9)7-8;1-5-9(6-2)10(7-3)8-4;2*1-3-4-2;/h1-13H;2-7H,1H3;5-8H2,1-4H3;2*1,3-4H2,2H3;. The summed E-state index contributed by atoms with van der Waals surface area (Å²) in [6.45, 7) is 18.6. The van der Waals surface area contributed by atoms with Gasteiger partial charge in [0, 0.05) is 0 Å². The monoisotopic (exact) mass is 704 g/mol. The third kappa shape index (κ3) is 3.43. The van der Waals surface area contributed by atoms with E-state index in [1.165, 1.54) is 61.0 Å². The van der Waals surface area contributed by atoms with Crippen molar-refractivity contribution >= 4 is 17.0 Å². The summed E-state index contributed by atoms with van der Waals surface area (Å²) in [5.41, 5.74) is 10.9. The summed E-state index contributed by atoms with van der Waals surface area (Å²) in [7, 11) is 0.